The number of anilines is 2. The maximum atomic E-state index is 12.2. The Morgan fingerprint density at radius 3 is 2.62 bits per heavy atom. The quantitative estimate of drug-likeness (QED) is 0.885. The van der Waals surface area contributed by atoms with Gasteiger partial charge in [-0.25, -0.2) is 4.98 Å². The molecule has 2 rings (SSSR count). The number of hydrogen-bond acceptors (Lipinski definition) is 4. The van der Waals surface area contributed by atoms with Crippen LogP contribution in [0, 0.1) is 13.8 Å². The van der Waals surface area contributed by atoms with Crippen molar-refractivity contribution in [2.24, 2.45) is 0 Å². The summed E-state index contributed by atoms with van der Waals surface area (Å²) in [6.07, 6.45) is 2.72. The monoisotopic (exact) mass is 284 g/mol. The average Bonchev–Trinajstić information content (AvgIpc) is 2.48. The smallest absolute Gasteiger partial charge is 0.274 e. The van der Waals surface area contributed by atoms with Gasteiger partial charge < -0.3 is 10.6 Å². The Labute approximate surface area is 124 Å². The van der Waals surface area contributed by atoms with E-state index in [1.165, 1.54) is 0 Å². The van der Waals surface area contributed by atoms with Crippen molar-refractivity contribution >= 4 is 17.3 Å². The van der Waals surface area contributed by atoms with Gasteiger partial charge in [0.25, 0.3) is 5.91 Å². The Balaban J connectivity index is 2.06. The molecule has 1 amide bonds. The van der Waals surface area contributed by atoms with Crippen LogP contribution in [0.3, 0.4) is 0 Å². The van der Waals surface area contributed by atoms with Gasteiger partial charge in [-0.15, -0.1) is 0 Å². The van der Waals surface area contributed by atoms with E-state index in [4.69, 9.17) is 0 Å². The molecule has 2 heterocycles. The molecule has 0 aromatic carbocycles. The molecule has 0 fully saturated rings. The van der Waals surface area contributed by atoms with Crippen LogP contribution >= 0.6 is 0 Å². The molecule has 21 heavy (non-hydrogen) atoms. The minimum absolute atomic E-state index is 0.231. The number of pyridine rings is 2. The average molecular weight is 284 g/mol. The van der Waals surface area contributed by atoms with E-state index in [9.17, 15) is 4.79 Å². The maximum Gasteiger partial charge on any atom is 0.274 e. The number of aryl methyl sites for hydroxylation is 2. The van der Waals surface area contributed by atoms with Crippen LogP contribution in [0.2, 0.25) is 0 Å². The Morgan fingerprint density at radius 2 is 2.00 bits per heavy atom. The van der Waals surface area contributed by atoms with Gasteiger partial charge in [-0.2, -0.15) is 0 Å². The Hall–Kier alpha value is -2.43. The molecule has 0 unspecified atom stereocenters. The highest BCUT2D eigenvalue weighted by atomic mass is 16.1. The van der Waals surface area contributed by atoms with Crippen LogP contribution in [-0.4, -0.2) is 22.4 Å². The summed E-state index contributed by atoms with van der Waals surface area (Å²) in [6.45, 7) is 6.78. The van der Waals surface area contributed by atoms with Crippen LogP contribution in [0.5, 0.6) is 0 Å². The van der Waals surface area contributed by atoms with Gasteiger partial charge in [-0.1, -0.05) is 6.92 Å². The van der Waals surface area contributed by atoms with Crippen LogP contribution in [0.4, 0.5) is 11.4 Å². The highest BCUT2D eigenvalue weighted by molar-refractivity contribution is 6.03. The molecule has 0 saturated heterocycles. The summed E-state index contributed by atoms with van der Waals surface area (Å²) >= 11 is 0. The van der Waals surface area contributed by atoms with Crippen molar-refractivity contribution in [3.63, 3.8) is 0 Å². The maximum absolute atomic E-state index is 12.2. The summed E-state index contributed by atoms with van der Waals surface area (Å²) in [4.78, 5) is 20.7. The third-order valence-corrected chi connectivity index (χ3v) is 3.05. The lowest BCUT2D eigenvalue weighted by Gasteiger charge is -2.09. The summed E-state index contributed by atoms with van der Waals surface area (Å²) in [5.41, 5.74) is 3.73. The van der Waals surface area contributed by atoms with E-state index >= 15 is 0 Å². The fourth-order valence-corrected chi connectivity index (χ4v) is 1.91. The molecule has 2 aromatic heterocycles. The number of amides is 1. The Bertz CT molecular complexity index is 623. The molecule has 2 N–H and O–H groups in total. The van der Waals surface area contributed by atoms with Crippen LogP contribution in [0.15, 0.2) is 30.5 Å². The first kappa shape index (κ1) is 15.0. The van der Waals surface area contributed by atoms with Gasteiger partial charge in [0.2, 0.25) is 0 Å². The molecule has 2 aromatic rings. The highest BCUT2D eigenvalue weighted by Crippen LogP contribution is 2.14. The molecule has 0 atom stereocenters. The van der Waals surface area contributed by atoms with E-state index < -0.39 is 0 Å². The minimum atomic E-state index is -0.231. The van der Waals surface area contributed by atoms with Crippen LogP contribution in [-0.2, 0) is 0 Å². The van der Waals surface area contributed by atoms with Gasteiger partial charge in [-0.05, 0) is 44.5 Å². The zero-order chi connectivity index (χ0) is 15.2. The first-order valence-corrected chi connectivity index (χ1v) is 7.05. The summed E-state index contributed by atoms with van der Waals surface area (Å²) in [5.74, 6) is -0.231. The highest BCUT2D eigenvalue weighted by Gasteiger charge is 2.09. The lowest BCUT2D eigenvalue weighted by atomic mass is 10.2. The van der Waals surface area contributed by atoms with E-state index in [0.29, 0.717) is 11.4 Å². The number of carbonyl (C=O) groups is 1. The second-order valence-electron chi connectivity index (χ2n) is 4.90. The first-order valence-electron chi connectivity index (χ1n) is 7.05. The summed E-state index contributed by atoms with van der Waals surface area (Å²) in [6, 6.07) is 7.29. The molecule has 5 nitrogen and oxygen atoms in total. The normalized spacial score (nSPS) is 10.2. The lowest BCUT2D eigenvalue weighted by Crippen LogP contribution is -2.15. The van der Waals surface area contributed by atoms with Crippen LogP contribution < -0.4 is 10.6 Å². The Kier molecular flexibility index (Phi) is 4.87. The van der Waals surface area contributed by atoms with E-state index in [1.807, 2.05) is 32.0 Å². The molecule has 0 saturated carbocycles. The molecule has 0 spiro atoms. The fourth-order valence-electron chi connectivity index (χ4n) is 1.91. The standard InChI is InChI=1S/C16H20N4O/c1-4-9-17-13-6-8-15(18-10-13)16(21)20-14-7-5-11(2)19-12(14)3/h5-8,10,17H,4,9H2,1-3H3,(H,20,21). The predicted octanol–water partition coefficient (Wildman–Crippen LogP) is 3.17. The molecule has 0 aliphatic carbocycles. The molecular formula is C16H20N4O. The lowest BCUT2D eigenvalue weighted by molar-refractivity contribution is 0.102. The van der Waals surface area contributed by atoms with Gasteiger partial charge in [0.1, 0.15) is 5.69 Å². The zero-order valence-electron chi connectivity index (χ0n) is 12.6. The number of nitrogens with zero attached hydrogens (tertiary/aromatic N) is 2. The van der Waals surface area contributed by atoms with Gasteiger partial charge in [-0.3, -0.25) is 9.78 Å². The van der Waals surface area contributed by atoms with Gasteiger partial charge in [0.05, 0.1) is 23.3 Å². The Morgan fingerprint density at radius 1 is 1.19 bits per heavy atom. The molecule has 0 bridgehead atoms. The van der Waals surface area contributed by atoms with Crippen LogP contribution in [0.25, 0.3) is 0 Å². The second kappa shape index (κ2) is 6.83. The number of rotatable bonds is 5. The molecule has 110 valence electrons. The largest absolute Gasteiger partial charge is 0.384 e. The predicted molar refractivity (Wildman–Crippen MR) is 84.7 cm³/mol. The molecule has 0 aliphatic rings. The van der Waals surface area contributed by atoms with Crippen molar-refractivity contribution < 1.29 is 4.79 Å². The third kappa shape index (κ3) is 4.02. The topological polar surface area (TPSA) is 66.9 Å². The van der Waals surface area contributed by atoms with E-state index in [2.05, 4.69) is 27.5 Å². The SMILES string of the molecule is CCCNc1ccc(C(=O)Nc2ccc(C)nc2C)nc1. The number of hydrogen-bond donors (Lipinski definition) is 2. The summed E-state index contributed by atoms with van der Waals surface area (Å²) < 4.78 is 0. The number of carbonyl (C=O) groups excluding carboxylic acids is 1. The number of nitrogens with one attached hydrogen (secondary N) is 2. The second-order valence-corrected chi connectivity index (χ2v) is 4.90. The van der Waals surface area contributed by atoms with Crippen molar-refractivity contribution in [3.05, 3.63) is 47.5 Å². The zero-order valence-corrected chi connectivity index (χ0v) is 12.6. The van der Waals surface area contributed by atoms with Crippen molar-refractivity contribution in [1.29, 1.82) is 0 Å². The van der Waals surface area contributed by atoms with Gasteiger partial charge in [0, 0.05) is 12.2 Å². The van der Waals surface area contributed by atoms with E-state index in [0.717, 1.165) is 30.0 Å². The summed E-state index contributed by atoms with van der Waals surface area (Å²) in [7, 11) is 0. The fraction of sp³-hybridized carbons (Fsp3) is 0.312. The summed E-state index contributed by atoms with van der Waals surface area (Å²) in [5, 5.41) is 6.05. The van der Waals surface area contributed by atoms with E-state index in [-0.39, 0.29) is 5.91 Å². The third-order valence-electron chi connectivity index (χ3n) is 3.05. The molecule has 5 heteroatoms. The van der Waals surface area contributed by atoms with Gasteiger partial charge in [0.15, 0.2) is 0 Å². The van der Waals surface area contributed by atoms with Crippen molar-refractivity contribution in [2.75, 3.05) is 17.2 Å². The van der Waals surface area contributed by atoms with Crippen LogP contribution in [0.1, 0.15) is 35.2 Å². The minimum Gasteiger partial charge on any atom is -0.384 e. The first-order chi connectivity index (χ1) is 10.1. The molecule has 0 aliphatic heterocycles. The molecule has 0 radical (unpaired) electrons. The van der Waals surface area contributed by atoms with E-state index in [1.54, 1.807) is 12.3 Å². The van der Waals surface area contributed by atoms with Crippen molar-refractivity contribution in [2.45, 2.75) is 27.2 Å². The van der Waals surface area contributed by atoms with Crippen molar-refractivity contribution in [3.8, 4) is 0 Å². The number of aromatic nitrogens is 2. The van der Waals surface area contributed by atoms with Crippen molar-refractivity contribution in [1.82, 2.24) is 9.97 Å². The van der Waals surface area contributed by atoms with Gasteiger partial charge >= 0.3 is 0 Å². The molecular weight excluding hydrogens is 264 g/mol.